The van der Waals surface area contributed by atoms with Gasteiger partial charge in [0.25, 0.3) is 5.22 Å². The van der Waals surface area contributed by atoms with E-state index in [1.807, 2.05) is 25.1 Å². The number of nitrogens with zero attached hydrogens (tertiary/aromatic N) is 2. The monoisotopic (exact) mass is 420 g/mol. The van der Waals surface area contributed by atoms with Crippen LogP contribution in [-0.4, -0.2) is 42.3 Å². The second-order valence-electron chi connectivity index (χ2n) is 5.98. The zero-order valence-electron chi connectivity index (χ0n) is 15.9. The summed E-state index contributed by atoms with van der Waals surface area (Å²) in [7, 11) is 3.19. The summed E-state index contributed by atoms with van der Waals surface area (Å²) >= 11 is 7.24. The molecular formula is C20H21ClN2O4S. The van der Waals surface area contributed by atoms with Crippen LogP contribution >= 0.6 is 23.4 Å². The first-order valence-electron chi connectivity index (χ1n) is 8.71. The normalized spacial score (nSPS) is 10.9. The van der Waals surface area contributed by atoms with Crippen LogP contribution in [0.1, 0.15) is 12.5 Å². The standard InChI is InChI=1S/C20H21ClN2O4S/c1-4-23(11-13-5-7-17(25-2)18(9-13)26-3)19(24)12-28-20-22-15-10-14(21)6-8-16(15)27-20/h5-10H,4,11-12H2,1-3H3. The molecule has 0 fully saturated rings. The second kappa shape index (κ2) is 9.21. The second-order valence-corrected chi connectivity index (χ2v) is 7.34. The number of fused-ring (bicyclic) bond motifs is 1. The summed E-state index contributed by atoms with van der Waals surface area (Å²) in [6.07, 6.45) is 0. The summed E-state index contributed by atoms with van der Waals surface area (Å²) in [5.74, 6) is 1.54. The van der Waals surface area contributed by atoms with E-state index in [2.05, 4.69) is 4.98 Å². The van der Waals surface area contributed by atoms with E-state index >= 15 is 0 Å². The van der Waals surface area contributed by atoms with Crippen LogP contribution in [-0.2, 0) is 11.3 Å². The lowest BCUT2D eigenvalue weighted by Crippen LogP contribution is -2.31. The maximum Gasteiger partial charge on any atom is 0.257 e. The highest BCUT2D eigenvalue weighted by molar-refractivity contribution is 7.99. The third kappa shape index (κ3) is 4.72. The van der Waals surface area contributed by atoms with Crippen LogP contribution in [0.5, 0.6) is 11.5 Å². The largest absolute Gasteiger partial charge is 0.493 e. The Morgan fingerprint density at radius 1 is 1.18 bits per heavy atom. The number of hydrogen-bond acceptors (Lipinski definition) is 6. The Bertz CT molecular complexity index is 976. The molecule has 148 valence electrons. The number of aromatic nitrogens is 1. The SMILES string of the molecule is CCN(Cc1ccc(OC)c(OC)c1)C(=O)CSc1nc2cc(Cl)ccc2o1. The van der Waals surface area contributed by atoms with Crippen molar-refractivity contribution in [2.75, 3.05) is 26.5 Å². The molecule has 1 aromatic heterocycles. The van der Waals surface area contributed by atoms with Crippen LogP contribution in [0.2, 0.25) is 5.02 Å². The van der Waals surface area contributed by atoms with Gasteiger partial charge in [-0.2, -0.15) is 0 Å². The number of carbonyl (C=O) groups excluding carboxylic acids is 1. The van der Waals surface area contributed by atoms with Gasteiger partial charge in [-0.05, 0) is 42.8 Å². The molecule has 0 aliphatic carbocycles. The van der Waals surface area contributed by atoms with Crippen LogP contribution in [0.25, 0.3) is 11.1 Å². The number of halogens is 1. The number of oxazole rings is 1. The number of methoxy groups -OCH3 is 2. The van der Waals surface area contributed by atoms with Crippen molar-refractivity contribution >= 4 is 40.4 Å². The lowest BCUT2D eigenvalue weighted by Gasteiger charge is -2.21. The van der Waals surface area contributed by atoms with Crippen molar-refractivity contribution < 1.29 is 18.7 Å². The Kier molecular flexibility index (Phi) is 6.70. The number of benzene rings is 2. The van der Waals surface area contributed by atoms with Crippen LogP contribution < -0.4 is 9.47 Å². The molecule has 0 saturated carbocycles. The number of carbonyl (C=O) groups is 1. The number of thioether (sulfide) groups is 1. The summed E-state index contributed by atoms with van der Waals surface area (Å²) in [5, 5.41) is 1.05. The molecule has 1 heterocycles. The average Bonchev–Trinajstić information content (AvgIpc) is 3.11. The molecule has 0 N–H and O–H groups in total. The number of amides is 1. The Morgan fingerprint density at radius 3 is 2.68 bits per heavy atom. The van der Waals surface area contributed by atoms with Gasteiger partial charge in [0, 0.05) is 18.1 Å². The van der Waals surface area contributed by atoms with Crippen molar-refractivity contribution in [2.45, 2.75) is 18.7 Å². The van der Waals surface area contributed by atoms with E-state index in [4.69, 9.17) is 25.5 Å². The number of rotatable bonds is 8. The smallest absolute Gasteiger partial charge is 0.257 e. The minimum atomic E-state index is 0.00238. The molecule has 0 spiro atoms. The van der Waals surface area contributed by atoms with E-state index in [0.29, 0.717) is 45.9 Å². The quantitative estimate of drug-likeness (QED) is 0.494. The highest BCUT2D eigenvalue weighted by atomic mass is 35.5. The first-order valence-corrected chi connectivity index (χ1v) is 10.1. The fraction of sp³-hybridized carbons (Fsp3) is 0.300. The molecule has 6 nitrogen and oxygen atoms in total. The molecule has 0 atom stereocenters. The van der Waals surface area contributed by atoms with Crippen molar-refractivity contribution in [3.05, 3.63) is 47.0 Å². The topological polar surface area (TPSA) is 64.8 Å². The van der Waals surface area contributed by atoms with Gasteiger partial charge in [-0.3, -0.25) is 4.79 Å². The van der Waals surface area contributed by atoms with Gasteiger partial charge in [0.05, 0.1) is 20.0 Å². The third-order valence-electron chi connectivity index (χ3n) is 4.20. The molecule has 0 radical (unpaired) electrons. The summed E-state index contributed by atoms with van der Waals surface area (Å²) in [6, 6.07) is 10.9. The Labute approximate surface area is 172 Å². The number of ether oxygens (including phenoxy) is 2. The Balaban J connectivity index is 1.64. The average molecular weight is 421 g/mol. The summed E-state index contributed by atoms with van der Waals surface area (Å²) in [4.78, 5) is 18.8. The number of hydrogen-bond donors (Lipinski definition) is 0. The molecule has 3 rings (SSSR count). The molecule has 0 aliphatic rings. The van der Waals surface area contributed by atoms with Gasteiger partial charge in [0.2, 0.25) is 5.91 Å². The van der Waals surface area contributed by atoms with E-state index in [1.165, 1.54) is 11.8 Å². The van der Waals surface area contributed by atoms with Crippen molar-refractivity contribution in [3.8, 4) is 11.5 Å². The zero-order valence-corrected chi connectivity index (χ0v) is 17.5. The van der Waals surface area contributed by atoms with Gasteiger partial charge >= 0.3 is 0 Å². The molecule has 0 unspecified atom stereocenters. The first-order chi connectivity index (χ1) is 13.5. The van der Waals surface area contributed by atoms with Crippen LogP contribution in [0.15, 0.2) is 46.0 Å². The molecule has 0 bridgehead atoms. The van der Waals surface area contributed by atoms with E-state index in [1.54, 1.807) is 37.3 Å². The summed E-state index contributed by atoms with van der Waals surface area (Å²) < 4.78 is 16.2. The van der Waals surface area contributed by atoms with Gasteiger partial charge in [-0.25, -0.2) is 4.98 Å². The minimum absolute atomic E-state index is 0.00238. The first kappa shape index (κ1) is 20.4. The predicted molar refractivity (Wildman–Crippen MR) is 110 cm³/mol. The van der Waals surface area contributed by atoms with E-state index in [-0.39, 0.29) is 11.7 Å². The van der Waals surface area contributed by atoms with Gasteiger partial charge in [0.1, 0.15) is 5.52 Å². The predicted octanol–water partition coefficient (Wildman–Crippen LogP) is 4.64. The molecule has 0 saturated heterocycles. The highest BCUT2D eigenvalue weighted by Crippen LogP contribution is 2.29. The van der Waals surface area contributed by atoms with E-state index in [9.17, 15) is 4.79 Å². The summed E-state index contributed by atoms with van der Waals surface area (Å²) in [5.41, 5.74) is 2.30. The van der Waals surface area contributed by atoms with Crippen molar-refractivity contribution in [1.82, 2.24) is 9.88 Å². The van der Waals surface area contributed by atoms with Gasteiger partial charge in [0.15, 0.2) is 17.1 Å². The molecular weight excluding hydrogens is 400 g/mol. The Hall–Kier alpha value is -2.38. The molecule has 28 heavy (non-hydrogen) atoms. The maximum atomic E-state index is 12.7. The van der Waals surface area contributed by atoms with Gasteiger partial charge < -0.3 is 18.8 Å². The van der Waals surface area contributed by atoms with E-state index < -0.39 is 0 Å². The lowest BCUT2D eigenvalue weighted by molar-refractivity contribution is -0.128. The third-order valence-corrected chi connectivity index (χ3v) is 5.25. The van der Waals surface area contributed by atoms with Gasteiger partial charge in [-0.1, -0.05) is 29.4 Å². The van der Waals surface area contributed by atoms with Crippen molar-refractivity contribution in [3.63, 3.8) is 0 Å². The molecule has 2 aromatic carbocycles. The lowest BCUT2D eigenvalue weighted by atomic mass is 10.2. The fourth-order valence-electron chi connectivity index (χ4n) is 2.73. The van der Waals surface area contributed by atoms with Crippen molar-refractivity contribution in [2.24, 2.45) is 0 Å². The minimum Gasteiger partial charge on any atom is -0.493 e. The molecule has 1 amide bonds. The fourth-order valence-corrected chi connectivity index (χ4v) is 3.64. The Morgan fingerprint density at radius 2 is 1.96 bits per heavy atom. The van der Waals surface area contributed by atoms with Gasteiger partial charge in [-0.15, -0.1) is 0 Å². The molecule has 0 aliphatic heterocycles. The van der Waals surface area contributed by atoms with Crippen LogP contribution in [0.3, 0.4) is 0 Å². The highest BCUT2D eigenvalue weighted by Gasteiger charge is 2.16. The van der Waals surface area contributed by atoms with E-state index in [0.717, 1.165) is 5.56 Å². The van der Waals surface area contributed by atoms with Crippen LogP contribution in [0, 0.1) is 0 Å². The zero-order chi connectivity index (χ0) is 20.1. The molecule has 3 aromatic rings. The summed E-state index contributed by atoms with van der Waals surface area (Å²) in [6.45, 7) is 3.03. The van der Waals surface area contributed by atoms with Crippen LogP contribution in [0.4, 0.5) is 0 Å². The maximum absolute atomic E-state index is 12.7. The molecule has 8 heteroatoms. The van der Waals surface area contributed by atoms with Crippen molar-refractivity contribution in [1.29, 1.82) is 0 Å².